The SMILES string of the molecule is CCSCCCC(C)(C)CC(=O)O. The molecule has 0 amide bonds. The minimum atomic E-state index is -0.687. The molecule has 0 aliphatic rings. The van der Waals surface area contributed by atoms with E-state index in [1.54, 1.807) is 0 Å². The molecule has 0 saturated carbocycles. The summed E-state index contributed by atoms with van der Waals surface area (Å²) in [6.07, 6.45) is 2.41. The van der Waals surface area contributed by atoms with Crippen molar-refractivity contribution in [1.29, 1.82) is 0 Å². The summed E-state index contributed by atoms with van der Waals surface area (Å²) in [5.74, 6) is 1.62. The van der Waals surface area contributed by atoms with Crippen molar-refractivity contribution >= 4 is 17.7 Å². The summed E-state index contributed by atoms with van der Waals surface area (Å²) in [5, 5.41) is 8.65. The average molecular weight is 204 g/mol. The predicted molar refractivity (Wildman–Crippen MR) is 58.3 cm³/mol. The fourth-order valence-corrected chi connectivity index (χ4v) is 1.93. The Bertz CT molecular complexity index is 155. The topological polar surface area (TPSA) is 37.3 Å². The highest BCUT2D eigenvalue weighted by Crippen LogP contribution is 2.27. The largest absolute Gasteiger partial charge is 0.481 e. The van der Waals surface area contributed by atoms with Crippen molar-refractivity contribution in [3.05, 3.63) is 0 Å². The van der Waals surface area contributed by atoms with Gasteiger partial charge in [-0.25, -0.2) is 0 Å². The summed E-state index contributed by atoms with van der Waals surface area (Å²) >= 11 is 1.92. The van der Waals surface area contributed by atoms with Crippen molar-refractivity contribution in [2.24, 2.45) is 5.41 Å². The van der Waals surface area contributed by atoms with E-state index in [-0.39, 0.29) is 11.8 Å². The van der Waals surface area contributed by atoms with Gasteiger partial charge >= 0.3 is 5.97 Å². The van der Waals surface area contributed by atoms with Gasteiger partial charge in [0.1, 0.15) is 0 Å². The summed E-state index contributed by atoms with van der Waals surface area (Å²) < 4.78 is 0. The molecule has 0 saturated heterocycles. The maximum absolute atomic E-state index is 10.5. The van der Waals surface area contributed by atoms with E-state index >= 15 is 0 Å². The molecule has 1 N–H and O–H groups in total. The maximum Gasteiger partial charge on any atom is 0.303 e. The first kappa shape index (κ1) is 12.8. The molecule has 0 aromatic carbocycles. The van der Waals surface area contributed by atoms with Crippen molar-refractivity contribution in [3.8, 4) is 0 Å². The number of aliphatic carboxylic acids is 1. The van der Waals surface area contributed by atoms with E-state index in [4.69, 9.17) is 5.11 Å². The van der Waals surface area contributed by atoms with Gasteiger partial charge in [-0.1, -0.05) is 20.8 Å². The second-order valence-electron chi connectivity index (χ2n) is 4.04. The highest BCUT2D eigenvalue weighted by Gasteiger charge is 2.20. The van der Waals surface area contributed by atoms with E-state index in [2.05, 4.69) is 6.92 Å². The summed E-state index contributed by atoms with van der Waals surface area (Å²) in [6, 6.07) is 0. The van der Waals surface area contributed by atoms with Crippen LogP contribution in [0, 0.1) is 5.41 Å². The van der Waals surface area contributed by atoms with Crippen LogP contribution in [-0.4, -0.2) is 22.6 Å². The van der Waals surface area contributed by atoms with Crippen LogP contribution in [0.15, 0.2) is 0 Å². The molecule has 0 fully saturated rings. The average Bonchev–Trinajstić information content (AvgIpc) is 1.95. The van der Waals surface area contributed by atoms with Gasteiger partial charge in [0.25, 0.3) is 0 Å². The number of rotatable bonds is 7. The quantitative estimate of drug-likeness (QED) is 0.648. The minimum absolute atomic E-state index is 0.0415. The van der Waals surface area contributed by atoms with Gasteiger partial charge in [0.15, 0.2) is 0 Å². The molecular formula is C10H20O2S. The van der Waals surface area contributed by atoms with Crippen LogP contribution >= 0.6 is 11.8 Å². The van der Waals surface area contributed by atoms with Crippen LogP contribution < -0.4 is 0 Å². The van der Waals surface area contributed by atoms with Gasteiger partial charge in [-0.2, -0.15) is 11.8 Å². The third-order valence-electron chi connectivity index (χ3n) is 1.98. The molecule has 3 heteroatoms. The number of carboxylic acid groups (broad SMARTS) is 1. The van der Waals surface area contributed by atoms with Crippen LogP contribution in [0.1, 0.15) is 40.0 Å². The molecule has 0 aliphatic carbocycles. The van der Waals surface area contributed by atoms with E-state index in [9.17, 15) is 4.79 Å². The Morgan fingerprint density at radius 3 is 2.54 bits per heavy atom. The molecule has 2 nitrogen and oxygen atoms in total. The highest BCUT2D eigenvalue weighted by atomic mass is 32.2. The lowest BCUT2D eigenvalue weighted by Crippen LogP contribution is -2.16. The molecule has 0 bridgehead atoms. The molecule has 0 aromatic rings. The minimum Gasteiger partial charge on any atom is -0.481 e. The Kier molecular flexibility index (Phi) is 6.21. The maximum atomic E-state index is 10.5. The summed E-state index contributed by atoms with van der Waals surface area (Å²) in [6.45, 7) is 6.20. The predicted octanol–water partition coefficient (Wildman–Crippen LogP) is 3.02. The molecule has 0 rings (SSSR count). The Morgan fingerprint density at radius 1 is 1.46 bits per heavy atom. The van der Waals surface area contributed by atoms with Crippen LogP contribution in [0.5, 0.6) is 0 Å². The second-order valence-corrected chi connectivity index (χ2v) is 5.43. The smallest absolute Gasteiger partial charge is 0.303 e. The second kappa shape index (κ2) is 6.30. The third-order valence-corrected chi connectivity index (χ3v) is 2.96. The van der Waals surface area contributed by atoms with E-state index in [1.165, 1.54) is 0 Å². The summed E-state index contributed by atoms with van der Waals surface area (Å²) in [5.41, 5.74) is -0.0415. The van der Waals surface area contributed by atoms with Gasteiger partial charge in [-0.15, -0.1) is 0 Å². The van der Waals surface area contributed by atoms with E-state index in [0.29, 0.717) is 0 Å². The fourth-order valence-electron chi connectivity index (χ4n) is 1.29. The van der Waals surface area contributed by atoms with Gasteiger partial charge in [-0.05, 0) is 29.8 Å². The first-order chi connectivity index (χ1) is 5.98. The van der Waals surface area contributed by atoms with Crippen molar-refractivity contribution in [1.82, 2.24) is 0 Å². The number of carboxylic acids is 1. The summed E-state index contributed by atoms with van der Waals surface area (Å²) in [4.78, 5) is 10.5. The lowest BCUT2D eigenvalue weighted by atomic mass is 9.85. The van der Waals surface area contributed by atoms with Gasteiger partial charge in [0.05, 0.1) is 6.42 Å². The number of hydrogen-bond acceptors (Lipinski definition) is 2. The van der Waals surface area contributed by atoms with Crippen LogP contribution in [0.3, 0.4) is 0 Å². The zero-order chi connectivity index (χ0) is 10.3. The van der Waals surface area contributed by atoms with Gasteiger partial charge < -0.3 is 5.11 Å². The van der Waals surface area contributed by atoms with Crippen molar-refractivity contribution in [2.75, 3.05) is 11.5 Å². The van der Waals surface area contributed by atoms with E-state index < -0.39 is 5.97 Å². The van der Waals surface area contributed by atoms with Crippen LogP contribution in [0.4, 0.5) is 0 Å². The molecule has 0 aliphatic heterocycles. The number of thioether (sulfide) groups is 1. The van der Waals surface area contributed by atoms with Crippen LogP contribution in [-0.2, 0) is 4.79 Å². The first-order valence-corrected chi connectivity index (χ1v) is 5.93. The fraction of sp³-hybridized carbons (Fsp3) is 0.900. The molecular weight excluding hydrogens is 184 g/mol. The van der Waals surface area contributed by atoms with Crippen molar-refractivity contribution < 1.29 is 9.90 Å². The Balaban J connectivity index is 3.56. The first-order valence-electron chi connectivity index (χ1n) is 4.77. The van der Waals surface area contributed by atoms with E-state index in [1.807, 2.05) is 25.6 Å². The van der Waals surface area contributed by atoms with Gasteiger partial charge in [-0.3, -0.25) is 4.79 Å². The zero-order valence-electron chi connectivity index (χ0n) is 8.80. The molecule has 0 spiro atoms. The van der Waals surface area contributed by atoms with Gasteiger partial charge in [0, 0.05) is 0 Å². The van der Waals surface area contributed by atoms with Crippen LogP contribution in [0.2, 0.25) is 0 Å². The molecule has 13 heavy (non-hydrogen) atoms. The lowest BCUT2D eigenvalue weighted by Gasteiger charge is -2.21. The molecule has 0 aromatic heterocycles. The zero-order valence-corrected chi connectivity index (χ0v) is 9.62. The van der Waals surface area contributed by atoms with Crippen molar-refractivity contribution in [3.63, 3.8) is 0 Å². The number of hydrogen-bond donors (Lipinski definition) is 1. The third kappa shape index (κ3) is 8.16. The monoisotopic (exact) mass is 204 g/mol. The Labute approximate surface area is 85.1 Å². The van der Waals surface area contributed by atoms with Crippen molar-refractivity contribution in [2.45, 2.75) is 40.0 Å². The molecule has 0 atom stereocenters. The lowest BCUT2D eigenvalue weighted by molar-refractivity contribution is -0.139. The van der Waals surface area contributed by atoms with E-state index in [0.717, 1.165) is 24.3 Å². The molecule has 78 valence electrons. The van der Waals surface area contributed by atoms with Gasteiger partial charge in [0.2, 0.25) is 0 Å². The Hall–Kier alpha value is -0.180. The normalized spacial score (nSPS) is 11.6. The highest BCUT2D eigenvalue weighted by molar-refractivity contribution is 7.99. The molecule has 0 radical (unpaired) electrons. The molecule has 0 heterocycles. The standard InChI is InChI=1S/C10H20O2S/c1-4-13-7-5-6-10(2,3)8-9(11)12/h4-8H2,1-3H3,(H,11,12). The summed E-state index contributed by atoms with van der Waals surface area (Å²) in [7, 11) is 0. The van der Waals surface area contributed by atoms with Crippen LogP contribution in [0.25, 0.3) is 0 Å². The molecule has 0 unspecified atom stereocenters. The number of carbonyl (C=O) groups is 1. The Morgan fingerprint density at radius 2 is 2.08 bits per heavy atom.